The fourth-order valence-electron chi connectivity index (χ4n) is 13.0. The van der Waals surface area contributed by atoms with Crippen LogP contribution in [0.4, 0.5) is 0 Å². The maximum absolute atomic E-state index is 2.75. The Kier molecular flexibility index (Phi) is 8.35. The highest BCUT2D eigenvalue weighted by Gasteiger charge is 2.42. The van der Waals surface area contributed by atoms with Crippen LogP contribution in [-0.4, -0.2) is 15.9 Å². The second kappa shape index (κ2) is 14.3. The Balaban J connectivity index is 1.20. The van der Waals surface area contributed by atoms with Crippen LogP contribution >= 0.6 is 0 Å². The zero-order chi connectivity index (χ0) is 46.7. The van der Waals surface area contributed by atoms with Gasteiger partial charge in [0.2, 0.25) is 0 Å². The minimum atomic E-state index is -0.0913. The van der Waals surface area contributed by atoms with Crippen molar-refractivity contribution < 1.29 is 0 Å². The van der Waals surface area contributed by atoms with E-state index in [9.17, 15) is 0 Å². The number of aryl methyl sites for hydroxylation is 8. The molecule has 0 N–H and O–H groups in total. The third-order valence-electron chi connectivity index (χ3n) is 15.4. The highest BCUT2D eigenvalue weighted by atomic mass is 15.0. The van der Waals surface area contributed by atoms with Crippen LogP contribution in [0.3, 0.4) is 0 Å². The molecule has 0 saturated carbocycles. The summed E-state index contributed by atoms with van der Waals surface area (Å²) in [6.07, 6.45) is 0. The van der Waals surface area contributed by atoms with Gasteiger partial charge in [-0.2, -0.15) is 0 Å². The molecule has 12 aromatic rings. The van der Waals surface area contributed by atoms with E-state index >= 15 is 0 Å². The van der Waals surface area contributed by atoms with Crippen molar-refractivity contribution in [2.45, 2.75) is 55.4 Å². The van der Waals surface area contributed by atoms with Crippen molar-refractivity contribution in [3.05, 3.63) is 208 Å². The molecule has 14 rings (SSSR count). The highest BCUT2D eigenvalue weighted by molar-refractivity contribution is 6.90. The number of hydrogen-bond donors (Lipinski definition) is 0. The SMILES string of the molecule is Cc1cc(C)cc(-c2cc3c4c(c2)-n2c5c(cc(-c6cc(C)cc(C)c6)cc5c5ccc6ccccc6c52)B4n2c4ccc(-c5cc(C)cc(C)c5)cc4c4cc(-c5cc(C)cc(C)c5)cc-3c42)c1. The molecule has 0 saturated heterocycles. The molecule has 0 amide bonds. The summed E-state index contributed by atoms with van der Waals surface area (Å²) in [5, 5.41) is 7.70. The van der Waals surface area contributed by atoms with Gasteiger partial charge >= 0.3 is 6.85 Å². The van der Waals surface area contributed by atoms with Gasteiger partial charge in [0.15, 0.2) is 0 Å². The van der Waals surface area contributed by atoms with Gasteiger partial charge in [0.25, 0.3) is 0 Å². The lowest BCUT2D eigenvalue weighted by Crippen LogP contribution is -2.55. The van der Waals surface area contributed by atoms with Gasteiger partial charge in [-0.3, -0.25) is 0 Å². The summed E-state index contributed by atoms with van der Waals surface area (Å²) in [7, 11) is 0. The van der Waals surface area contributed by atoms with Crippen LogP contribution in [0, 0.1) is 55.4 Å². The molecule has 328 valence electrons. The Morgan fingerprint density at radius 2 is 0.797 bits per heavy atom. The molecule has 10 aromatic carbocycles. The zero-order valence-corrected chi connectivity index (χ0v) is 40.6. The lowest BCUT2D eigenvalue weighted by atomic mass is 9.45. The summed E-state index contributed by atoms with van der Waals surface area (Å²) in [6.45, 7) is 17.7. The van der Waals surface area contributed by atoms with E-state index in [4.69, 9.17) is 0 Å². The average molecular weight is 883 g/mol. The van der Waals surface area contributed by atoms with Gasteiger partial charge in [-0.05, 0) is 164 Å². The molecule has 3 heteroatoms. The predicted octanol–water partition coefficient (Wildman–Crippen LogP) is 16.1. The molecule has 2 nitrogen and oxygen atoms in total. The molecule has 2 aliphatic rings. The molecule has 0 bridgehead atoms. The second-order valence-electron chi connectivity index (χ2n) is 20.9. The lowest BCUT2D eigenvalue weighted by Gasteiger charge is -2.35. The molecule has 2 aromatic heterocycles. The van der Waals surface area contributed by atoms with Crippen molar-refractivity contribution in [3.63, 3.8) is 0 Å². The number of fused-ring (bicyclic) bond motifs is 12. The number of benzene rings is 10. The van der Waals surface area contributed by atoms with Crippen molar-refractivity contribution in [2.75, 3.05) is 0 Å². The molecule has 0 radical (unpaired) electrons. The summed E-state index contributed by atoms with van der Waals surface area (Å²) in [6, 6.07) is 64.2. The van der Waals surface area contributed by atoms with Gasteiger partial charge in [-0.15, -0.1) is 0 Å². The van der Waals surface area contributed by atoms with Crippen LogP contribution in [0.15, 0.2) is 164 Å². The van der Waals surface area contributed by atoms with E-state index in [2.05, 4.69) is 228 Å². The average Bonchev–Trinajstić information content (AvgIpc) is 3.83. The second-order valence-corrected chi connectivity index (χ2v) is 20.9. The minimum Gasteiger partial charge on any atom is -0.375 e. The maximum atomic E-state index is 2.75. The predicted molar refractivity (Wildman–Crippen MR) is 297 cm³/mol. The third-order valence-corrected chi connectivity index (χ3v) is 15.4. The van der Waals surface area contributed by atoms with E-state index < -0.39 is 0 Å². The van der Waals surface area contributed by atoms with E-state index in [0.29, 0.717) is 0 Å². The Labute approximate surface area is 404 Å². The third kappa shape index (κ3) is 5.93. The van der Waals surface area contributed by atoms with Crippen LogP contribution in [0.5, 0.6) is 0 Å². The maximum Gasteiger partial charge on any atom is 0.333 e. The molecule has 0 unspecified atom stereocenters. The summed E-state index contributed by atoms with van der Waals surface area (Å²) in [5.41, 5.74) is 32.0. The van der Waals surface area contributed by atoms with Crippen LogP contribution in [0.25, 0.3) is 116 Å². The summed E-state index contributed by atoms with van der Waals surface area (Å²) in [4.78, 5) is 0. The first-order chi connectivity index (χ1) is 33.4. The van der Waals surface area contributed by atoms with Crippen LogP contribution in [0.1, 0.15) is 44.5 Å². The summed E-state index contributed by atoms with van der Waals surface area (Å²) < 4.78 is 5.42. The van der Waals surface area contributed by atoms with Crippen LogP contribution in [-0.2, 0) is 0 Å². The molecular weight excluding hydrogens is 832 g/mol. The molecule has 69 heavy (non-hydrogen) atoms. The molecule has 0 fully saturated rings. The van der Waals surface area contributed by atoms with Crippen molar-refractivity contribution in [3.8, 4) is 61.3 Å². The number of nitrogens with zero attached hydrogens (tertiary/aromatic N) is 2. The Hall–Kier alpha value is -7.88. The van der Waals surface area contributed by atoms with Gasteiger partial charge in [0.1, 0.15) is 0 Å². The molecule has 0 atom stereocenters. The van der Waals surface area contributed by atoms with E-state index in [0.717, 1.165) is 0 Å². The van der Waals surface area contributed by atoms with E-state index in [-0.39, 0.29) is 6.85 Å². The monoisotopic (exact) mass is 882 g/mol. The molecule has 4 heterocycles. The van der Waals surface area contributed by atoms with Gasteiger partial charge in [-0.1, -0.05) is 166 Å². The van der Waals surface area contributed by atoms with Gasteiger partial charge < -0.3 is 9.05 Å². The zero-order valence-electron chi connectivity index (χ0n) is 40.6. The minimum absolute atomic E-state index is 0.0913. The number of hydrogen-bond acceptors (Lipinski definition) is 0. The smallest absolute Gasteiger partial charge is 0.333 e. The van der Waals surface area contributed by atoms with E-state index in [1.165, 1.54) is 171 Å². The standard InChI is InChI=1S/C66H51BN2/c1-36-17-37(2)22-46(21-36)45-14-16-61-55(29-45)58-31-50(47-23-38(3)18-39(4)24-47)32-59-56-30-52(49-27-42(7)20-43(8)28-49)35-62-63(56)67(69(61)65(58)59)60-34-51(48-25-40(5)19-41(6)26-48)33-57-54-15-13-44-11-9-10-12-53(44)64(54)68(62)66(57)60/h9-35H,1-8H3. The quantitative estimate of drug-likeness (QED) is 0.156. The van der Waals surface area contributed by atoms with Crippen molar-refractivity contribution in [2.24, 2.45) is 0 Å². The molecule has 2 aliphatic heterocycles. The van der Waals surface area contributed by atoms with Gasteiger partial charge in [0.05, 0.1) is 11.0 Å². The molecule has 0 spiro atoms. The largest absolute Gasteiger partial charge is 0.375 e. The van der Waals surface area contributed by atoms with Crippen LogP contribution in [0.2, 0.25) is 0 Å². The number of aromatic nitrogens is 2. The summed E-state index contributed by atoms with van der Waals surface area (Å²) in [5.74, 6) is 0. The van der Waals surface area contributed by atoms with Gasteiger partial charge in [-0.25, -0.2) is 0 Å². The Morgan fingerprint density at radius 3 is 1.39 bits per heavy atom. The van der Waals surface area contributed by atoms with E-state index in [1.54, 1.807) is 0 Å². The first-order valence-corrected chi connectivity index (χ1v) is 24.6. The lowest BCUT2D eigenvalue weighted by molar-refractivity contribution is 1.18. The number of rotatable bonds is 4. The Bertz CT molecular complexity index is 4210. The Morgan fingerprint density at radius 1 is 0.319 bits per heavy atom. The highest BCUT2D eigenvalue weighted by Crippen LogP contribution is 2.48. The van der Waals surface area contributed by atoms with Gasteiger partial charge in [0, 0.05) is 49.2 Å². The first kappa shape index (κ1) is 40.2. The van der Waals surface area contributed by atoms with Crippen LogP contribution < -0.4 is 10.9 Å². The van der Waals surface area contributed by atoms with Crippen molar-refractivity contribution in [1.29, 1.82) is 0 Å². The topological polar surface area (TPSA) is 9.86 Å². The molecular formula is C66H51BN2. The summed E-state index contributed by atoms with van der Waals surface area (Å²) >= 11 is 0. The van der Waals surface area contributed by atoms with Crippen molar-refractivity contribution in [1.82, 2.24) is 9.05 Å². The molecule has 0 aliphatic carbocycles. The fourth-order valence-corrected chi connectivity index (χ4v) is 13.0. The fraction of sp³-hybridized carbons (Fsp3) is 0.121. The normalized spacial score (nSPS) is 12.6. The van der Waals surface area contributed by atoms with Crippen molar-refractivity contribution >= 4 is 72.2 Å². The van der Waals surface area contributed by atoms with E-state index in [1.807, 2.05) is 0 Å². The first-order valence-electron chi connectivity index (χ1n) is 24.6.